The lowest BCUT2D eigenvalue weighted by Gasteiger charge is -2.47. The molecule has 0 radical (unpaired) electrons. The van der Waals surface area contributed by atoms with E-state index in [2.05, 4.69) is 53.3 Å². The molecular formula is C27H32N4O2. The molecule has 0 bridgehead atoms. The molecule has 3 aromatic carbocycles. The molecule has 4 rings (SSSR count). The van der Waals surface area contributed by atoms with Crippen LogP contribution in [0.25, 0.3) is 0 Å². The van der Waals surface area contributed by atoms with E-state index in [0.717, 1.165) is 30.8 Å². The zero-order chi connectivity index (χ0) is 23.4. The second-order valence-corrected chi connectivity index (χ2v) is 8.91. The summed E-state index contributed by atoms with van der Waals surface area (Å²) >= 11 is 0. The number of hydrazine groups is 1. The van der Waals surface area contributed by atoms with E-state index in [-0.39, 0.29) is 23.7 Å². The predicted molar refractivity (Wildman–Crippen MR) is 131 cm³/mol. The van der Waals surface area contributed by atoms with Gasteiger partial charge in [-0.05, 0) is 54.8 Å². The highest BCUT2D eigenvalue weighted by atomic mass is 16.3. The molecule has 1 aliphatic rings. The van der Waals surface area contributed by atoms with Gasteiger partial charge >= 0.3 is 0 Å². The Bertz CT molecular complexity index is 1090. The SMILES string of the molecule is CC1CN(C(c2cccc(O)c2)c2cccc(C(=O)NN)c2)C(C)CN1Cc1ccccc1. The van der Waals surface area contributed by atoms with Gasteiger partial charge in [0.25, 0.3) is 5.91 Å². The molecular weight excluding hydrogens is 412 g/mol. The number of benzene rings is 3. The van der Waals surface area contributed by atoms with Gasteiger partial charge in [0.2, 0.25) is 0 Å². The number of carbonyl (C=O) groups excluding carboxylic acids is 1. The number of aromatic hydroxyl groups is 1. The summed E-state index contributed by atoms with van der Waals surface area (Å²) in [6, 6.07) is 26.1. The molecule has 1 saturated heterocycles. The van der Waals surface area contributed by atoms with Gasteiger partial charge in [-0.1, -0.05) is 54.6 Å². The average molecular weight is 445 g/mol. The van der Waals surface area contributed by atoms with E-state index in [0.29, 0.717) is 11.6 Å². The third kappa shape index (κ3) is 5.25. The van der Waals surface area contributed by atoms with Crippen LogP contribution in [0.15, 0.2) is 78.9 Å². The number of rotatable bonds is 6. The minimum absolute atomic E-state index is 0.0982. The van der Waals surface area contributed by atoms with Crippen molar-refractivity contribution >= 4 is 5.91 Å². The molecule has 0 saturated carbocycles. The predicted octanol–water partition coefficient (Wildman–Crippen LogP) is 3.68. The number of nitrogens with one attached hydrogen (secondary N) is 1. The highest BCUT2D eigenvalue weighted by Crippen LogP contribution is 2.35. The number of carbonyl (C=O) groups is 1. The van der Waals surface area contributed by atoms with Crippen LogP contribution < -0.4 is 11.3 Å². The number of nitrogen functional groups attached to an aromatic ring is 1. The first-order valence-electron chi connectivity index (χ1n) is 11.4. The van der Waals surface area contributed by atoms with Crippen LogP contribution in [0.2, 0.25) is 0 Å². The molecule has 4 N–H and O–H groups in total. The van der Waals surface area contributed by atoms with Crippen molar-refractivity contribution in [2.24, 2.45) is 5.84 Å². The van der Waals surface area contributed by atoms with E-state index < -0.39 is 0 Å². The quantitative estimate of drug-likeness (QED) is 0.307. The minimum atomic E-state index is -0.319. The van der Waals surface area contributed by atoms with E-state index in [1.807, 2.05) is 42.5 Å². The molecule has 6 heteroatoms. The minimum Gasteiger partial charge on any atom is -0.508 e. The first-order valence-corrected chi connectivity index (χ1v) is 11.4. The largest absolute Gasteiger partial charge is 0.508 e. The molecule has 3 atom stereocenters. The molecule has 1 heterocycles. The molecule has 1 fully saturated rings. The van der Waals surface area contributed by atoms with Crippen molar-refractivity contribution in [3.63, 3.8) is 0 Å². The van der Waals surface area contributed by atoms with Gasteiger partial charge in [-0.15, -0.1) is 0 Å². The molecule has 33 heavy (non-hydrogen) atoms. The molecule has 6 nitrogen and oxygen atoms in total. The third-order valence-corrected chi connectivity index (χ3v) is 6.51. The van der Waals surface area contributed by atoms with Crippen LogP contribution in [0.4, 0.5) is 0 Å². The van der Waals surface area contributed by atoms with E-state index in [1.54, 1.807) is 12.1 Å². The maximum absolute atomic E-state index is 12.2. The Hall–Kier alpha value is -3.19. The number of nitrogens with two attached hydrogens (primary N) is 1. The van der Waals surface area contributed by atoms with Crippen molar-refractivity contribution in [1.29, 1.82) is 0 Å². The summed E-state index contributed by atoms with van der Waals surface area (Å²) in [5.74, 6) is 5.29. The monoisotopic (exact) mass is 444 g/mol. The number of amides is 1. The summed E-state index contributed by atoms with van der Waals surface area (Å²) in [7, 11) is 0. The summed E-state index contributed by atoms with van der Waals surface area (Å²) in [5, 5.41) is 10.2. The van der Waals surface area contributed by atoms with Gasteiger partial charge in [0, 0.05) is 37.3 Å². The van der Waals surface area contributed by atoms with Gasteiger partial charge in [-0.2, -0.15) is 0 Å². The molecule has 3 aromatic rings. The standard InChI is InChI=1S/C27H32N4O2/c1-19-17-31(20(2)16-30(19)18-21-8-4-3-5-9-21)26(23-11-7-13-25(32)15-23)22-10-6-12-24(14-22)27(33)29-28/h3-15,19-20,26,32H,16-18,28H2,1-2H3,(H,29,33). The first-order chi connectivity index (χ1) is 16.0. The highest BCUT2D eigenvalue weighted by molar-refractivity contribution is 5.93. The average Bonchev–Trinajstić information content (AvgIpc) is 2.82. The van der Waals surface area contributed by atoms with Gasteiger partial charge in [-0.25, -0.2) is 5.84 Å². The second kappa shape index (κ2) is 10.2. The Morgan fingerprint density at radius 1 is 0.970 bits per heavy atom. The summed E-state index contributed by atoms with van der Waals surface area (Å²) < 4.78 is 0. The Balaban J connectivity index is 1.66. The van der Waals surface area contributed by atoms with Gasteiger partial charge in [0.15, 0.2) is 0 Å². The Morgan fingerprint density at radius 2 is 1.67 bits per heavy atom. The van der Waals surface area contributed by atoms with Crippen molar-refractivity contribution in [3.05, 3.63) is 101 Å². The van der Waals surface area contributed by atoms with Gasteiger partial charge < -0.3 is 5.11 Å². The lowest BCUT2D eigenvalue weighted by Crippen LogP contribution is -2.56. The number of hydrogen-bond acceptors (Lipinski definition) is 5. The molecule has 0 spiro atoms. The lowest BCUT2D eigenvalue weighted by molar-refractivity contribution is 0.0195. The van der Waals surface area contributed by atoms with Gasteiger partial charge in [-0.3, -0.25) is 20.0 Å². The Labute approximate surface area is 195 Å². The molecule has 1 aliphatic heterocycles. The van der Waals surface area contributed by atoms with Crippen LogP contribution in [0, 0.1) is 0 Å². The van der Waals surface area contributed by atoms with Crippen molar-refractivity contribution in [2.45, 2.75) is 38.5 Å². The number of phenols is 1. The zero-order valence-corrected chi connectivity index (χ0v) is 19.2. The van der Waals surface area contributed by atoms with Crippen LogP contribution in [0.5, 0.6) is 5.75 Å². The summed E-state index contributed by atoms with van der Waals surface area (Å²) in [5.41, 5.74) is 6.05. The van der Waals surface area contributed by atoms with E-state index in [4.69, 9.17) is 5.84 Å². The number of nitrogens with zero attached hydrogens (tertiary/aromatic N) is 2. The van der Waals surface area contributed by atoms with Crippen molar-refractivity contribution in [2.75, 3.05) is 13.1 Å². The summed E-state index contributed by atoms with van der Waals surface area (Å²) in [6.45, 7) is 7.22. The summed E-state index contributed by atoms with van der Waals surface area (Å²) in [6.07, 6.45) is 0. The van der Waals surface area contributed by atoms with Crippen molar-refractivity contribution < 1.29 is 9.90 Å². The second-order valence-electron chi connectivity index (χ2n) is 8.91. The number of phenolic OH excluding ortho intramolecular Hbond substituents is 1. The van der Waals surface area contributed by atoms with Crippen LogP contribution in [0.3, 0.4) is 0 Å². The fourth-order valence-electron chi connectivity index (χ4n) is 4.83. The third-order valence-electron chi connectivity index (χ3n) is 6.51. The first kappa shape index (κ1) is 23.0. The maximum Gasteiger partial charge on any atom is 0.265 e. The van der Waals surface area contributed by atoms with Crippen LogP contribution in [0.1, 0.15) is 46.9 Å². The molecule has 0 aliphatic carbocycles. The lowest BCUT2D eigenvalue weighted by atomic mass is 9.92. The zero-order valence-electron chi connectivity index (χ0n) is 19.2. The van der Waals surface area contributed by atoms with Crippen LogP contribution in [-0.2, 0) is 6.54 Å². The number of hydrogen-bond donors (Lipinski definition) is 3. The van der Waals surface area contributed by atoms with E-state index in [1.165, 1.54) is 5.56 Å². The molecule has 1 amide bonds. The van der Waals surface area contributed by atoms with E-state index >= 15 is 0 Å². The Morgan fingerprint density at radius 3 is 2.36 bits per heavy atom. The maximum atomic E-state index is 12.2. The fraction of sp³-hybridized carbons (Fsp3) is 0.296. The van der Waals surface area contributed by atoms with Gasteiger partial charge in [0.05, 0.1) is 6.04 Å². The van der Waals surface area contributed by atoms with E-state index in [9.17, 15) is 9.90 Å². The molecule has 172 valence electrons. The summed E-state index contributed by atoms with van der Waals surface area (Å²) in [4.78, 5) is 17.2. The molecule has 3 unspecified atom stereocenters. The number of piperazine rings is 1. The smallest absolute Gasteiger partial charge is 0.265 e. The van der Waals surface area contributed by atoms with Crippen LogP contribution in [-0.4, -0.2) is 46.0 Å². The fourth-order valence-corrected chi connectivity index (χ4v) is 4.83. The van der Waals surface area contributed by atoms with Crippen molar-refractivity contribution in [3.8, 4) is 5.75 Å². The van der Waals surface area contributed by atoms with Gasteiger partial charge in [0.1, 0.15) is 5.75 Å². The topological polar surface area (TPSA) is 81.8 Å². The van der Waals surface area contributed by atoms with Crippen LogP contribution >= 0.6 is 0 Å². The highest BCUT2D eigenvalue weighted by Gasteiger charge is 2.35. The van der Waals surface area contributed by atoms with Crippen molar-refractivity contribution in [1.82, 2.24) is 15.2 Å². The normalized spacial score (nSPS) is 20.3. The Kier molecular flexibility index (Phi) is 7.08. The molecule has 0 aromatic heterocycles.